The summed E-state index contributed by atoms with van der Waals surface area (Å²) in [7, 11) is 0. The maximum atomic E-state index is 12.0. The van der Waals surface area contributed by atoms with Crippen LogP contribution in [0.5, 0.6) is 0 Å². The third kappa shape index (κ3) is 5.88. The summed E-state index contributed by atoms with van der Waals surface area (Å²) in [5.74, 6) is -0.617. The third-order valence-electron chi connectivity index (χ3n) is 3.50. The number of hydrogen-bond acceptors (Lipinski definition) is 4. The van der Waals surface area contributed by atoms with Gasteiger partial charge in [0.15, 0.2) is 0 Å². The van der Waals surface area contributed by atoms with Gasteiger partial charge in [-0.25, -0.2) is 0 Å². The maximum Gasteiger partial charge on any atom is 0.303 e. The fourth-order valence-electron chi connectivity index (χ4n) is 2.58. The predicted molar refractivity (Wildman–Crippen MR) is 75.2 cm³/mol. The predicted octanol–water partition coefficient (Wildman–Crippen LogP) is 0.746. The Bertz CT molecular complexity index is 333. The second kappa shape index (κ2) is 8.21. The van der Waals surface area contributed by atoms with E-state index in [1.54, 1.807) is 0 Å². The summed E-state index contributed by atoms with van der Waals surface area (Å²) in [5, 5.41) is 11.7. The number of nitrogens with one attached hydrogen (secondary N) is 1. The van der Waals surface area contributed by atoms with E-state index in [-0.39, 0.29) is 24.3 Å². The number of carbonyl (C=O) groups is 2. The van der Waals surface area contributed by atoms with Crippen molar-refractivity contribution in [2.75, 3.05) is 13.1 Å². The quantitative estimate of drug-likeness (QED) is 0.611. The highest BCUT2D eigenvalue weighted by Crippen LogP contribution is 2.19. The Balaban J connectivity index is 2.38. The van der Waals surface area contributed by atoms with Gasteiger partial charge < -0.3 is 20.9 Å². The van der Waals surface area contributed by atoms with E-state index >= 15 is 0 Å². The summed E-state index contributed by atoms with van der Waals surface area (Å²) < 4.78 is 5.51. The first-order chi connectivity index (χ1) is 9.42. The zero-order valence-electron chi connectivity index (χ0n) is 12.3. The average Bonchev–Trinajstić information content (AvgIpc) is 2.83. The van der Waals surface area contributed by atoms with Gasteiger partial charge in [-0.05, 0) is 31.1 Å². The molecule has 0 saturated carbocycles. The lowest BCUT2D eigenvalue weighted by Gasteiger charge is -2.19. The molecule has 1 aliphatic rings. The number of carbonyl (C=O) groups excluding carboxylic acids is 1. The summed E-state index contributed by atoms with van der Waals surface area (Å²) in [6.07, 6.45) is 1.88. The second-order valence-electron chi connectivity index (χ2n) is 5.90. The average molecular weight is 286 g/mol. The molecule has 1 amide bonds. The molecular weight excluding hydrogens is 260 g/mol. The molecule has 0 spiro atoms. The van der Waals surface area contributed by atoms with Crippen LogP contribution in [0.2, 0.25) is 0 Å². The van der Waals surface area contributed by atoms with Crippen LogP contribution in [0.3, 0.4) is 0 Å². The molecule has 1 aliphatic heterocycles. The van der Waals surface area contributed by atoms with E-state index in [2.05, 4.69) is 5.32 Å². The molecule has 0 aromatic rings. The molecular formula is C14H26N2O4. The van der Waals surface area contributed by atoms with Gasteiger partial charge in [-0.15, -0.1) is 0 Å². The fourth-order valence-corrected chi connectivity index (χ4v) is 2.58. The van der Waals surface area contributed by atoms with Crippen molar-refractivity contribution >= 4 is 11.9 Å². The van der Waals surface area contributed by atoms with Crippen molar-refractivity contribution < 1.29 is 19.4 Å². The summed E-state index contributed by atoms with van der Waals surface area (Å²) >= 11 is 0. The third-order valence-corrected chi connectivity index (χ3v) is 3.50. The number of carboxylic acid groups (broad SMARTS) is 1. The number of hydrogen-bond donors (Lipinski definition) is 3. The Morgan fingerprint density at radius 3 is 2.60 bits per heavy atom. The molecule has 0 radical (unpaired) electrons. The van der Waals surface area contributed by atoms with Crippen LogP contribution in [0.4, 0.5) is 0 Å². The Morgan fingerprint density at radius 2 is 2.10 bits per heavy atom. The summed E-state index contributed by atoms with van der Waals surface area (Å²) in [4.78, 5) is 22.8. The van der Waals surface area contributed by atoms with Crippen LogP contribution in [0, 0.1) is 11.8 Å². The first-order valence-electron chi connectivity index (χ1n) is 7.27. The first kappa shape index (κ1) is 16.9. The van der Waals surface area contributed by atoms with Gasteiger partial charge in [0.05, 0.1) is 6.10 Å². The number of carboxylic acids is 1. The van der Waals surface area contributed by atoms with E-state index in [4.69, 9.17) is 15.6 Å². The van der Waals surface area contributed by atoms with Gasteiger partial charge in [-0.3, -0.25) is 9.59 Å². The maximum absolute atomic E-state index is 12.0. The van der Waals surface area contributed by atoms with Gasteiger partial charge in [0, 0.05) is 19.5 Å². The molecule has 116 valence electrons. The summed E-state index contributed by atoms with van der Waals surface area (Å²) in [6, 6.07) is 0. The Labute approximate surface area is 120 Å². The zero-order valence-corrected chi connectivity index (χ0v) is 12.3. The van der Waals surface area contributed by atoms with E-state index in [1.165, 1.54) is 0 Å². The molecule has 0 aliphatic carbocycles. The molecule has 1 fully saturated rings. The highest BCUT2D eigenvalue weighted by atomic mass is 16.5. The van der Waals surface area contributed by atoms with Crippen molar-refractivity contribution in [3.05, 3.63) is 0 Å². The first-order valence-corrected chi connectivity index (χ1v) is 7.27. The smallest absolute Gasteiger partial charge is 0.303 e. The minimum atomic E-state index is -0.829. The van der Waals surface area contributed by atoms with Crippen LogP contribution < -0.4 is 11.1 Å². The van der Waals surface area contributed by atoms with Crippen molar-refractivity contribution in [2.24, 2.45) is 17.6 Å². The topological polar surface area (TPSA) is 102 Å². The Morgan fingerprint density at radius 1 is 1.40 bits per heavy atom. The Hall–Kier alpha value is -1.14. The lowest BCUT2D eigenvalue weighted by atomic mass is 9.94. The van der Waals surface area contributed by atoms with Gasteiger partial charge in [0.1, 0.15) is 6.10 Å². The molecule has 1 saturated heterocycles. The van der Waals surface area contributed by atoms with Crippen LogP contribution in [-0.2, 0) is 14.3 Å². The van der Waals surface area contributed by atoms with E-state index in [0.717, 1.165) is 12.8 Å². The van der Waals surface area contributed by atoms with Crippen LogP contribution in [-0.4, -0.2) is 42.3 Å². The number of ether oxygens (including phenoxy) is 1. The standard InChI is InChI=1S/C14H26N2O4/c1-9(2)5-10(6-13(17)18)8-16-14(19)12-4-3-11(7-15)20-12/h9-12H,3-8,15H2,1-2H3,(H,16,19)(H,17,18)/t10-,11?,12?/m0/s1. The summed E-state index contributed by atoms with van der Waals surface area (Å²) in [5.41, 5.74) is 5.51. The van der Waals surface area contributed by atoms with E-state index < -0.39 is 12.1 Å². The van der Waals surface area contributed by atoms with Gasteiger partial charge in [-0.2, -0.15) is 0 Å². The number of nitrogens with two attached hydrogens (primary N) is 1. The zero-order chi connectivity index (χ0) is 15.1. The Kier molecular flexibility index (Phi) is 6.95. The van der Waals surface area contributed by atoms with Crippen LogP contribution in [0.25, 0.3) is 0 Å². The minimum Gasteiger partial charge on any atom is -0.481 e. The lowest BCUT2D eigenvalue weighted by molar-refractivity contribution is -0.139. The van der Waals surface area contributed by atoms with E-state index in [9.17, 15) is 9.59 Å². The summed E-state index contributed by atoms with van der Waals surface area (Å²) in [6.45, 7) is 4.90. The fraction of sp³-hybridized carbons (Fsp3) is 0.857. The molecule has 1 rings (SSSR count). The molecule has 2 unspecified atom stereocenters. The van der Waals surface area contributed by atoms with E-state index in [1.807, 2.05) is 13.8 Å². The molecule has 6 heteroatoms. The van der Waals surface area contributed by atoms with Crippen molar-refractivity contribution in [2.45, 2.75) is 51.7 Å². The van der Waals surface area contributed by atoms with Gasteiger partial charge >= 0.3 is 5.97 Å². The molecule has 1 heterocycles. The minimum absolute atomic E-state index is 0.0313. The molecule has 20 heavy (non-hydrogen) atoms. The number of aliphatic carboxylic acids is 1. The van der Waals surface area contributed by atoms with Crippen molar-refractivity contribution in [1.29, 1.82) is 0 Å². The molecule has 0 bridgehead atoms. The van der Waals surface area contributed by atoms with Gasteiger partial charge in [0.2, 0.25) is 5.91 Å². The molecule has 0 aromatic heterocycles. The van der Waals surface area contributed by atoms with Crippen LogP contribution in [0.1, 0.15) is 39.5 Å². The van der Waals surface area contributed by atoms with Crippen molar-refractivity contribution in [1.82, 2.24) is 5.32 Å². The van der Waals surface area contributed by atoms with Gasteiger partial charge in [-0.1, -0.05) is 13.8 Å². The second-order valence-corrected chi connectivity index (χ2v) is 5.90. The lowest BCUT2D eigenvalue weighted by Crippen LogP contribution is -2.38. The molecule has 0 aromatic carbocycles. The van der Waals surface area contributed by atoms with Crippen LogP contribution in [0.15, 0.2) is 0 Å². The monoisotopic (exact) mass is 286 g/mol. The molecule has 3 atom stereocenters. The van der Waals surface area contributed by atoms with Crippen molar-refractivity contribution in [3.8, 4) is 0 Å². The largest absolute Gasteiger partial charge is 0.481 e. The van der Waals surface area contributed by atoms with Crippen LogP contribution >= 0.6 is 0 Å². The normalized spacial score (nSPS) is 23.8. The van der Waals surface area contributed by atoms with Gasteiger partial charge in [0.25, 0.3) is 0 Å². The SMILES string of the molecule is CC(C)C[C@H](CNC(=O)C1CCC(CN)O1)CC(=O)O. The molecule has 6 nitrogen and oxygen atoms in total. The van der Waals surface area contributed by atoms with E-state index in [0.29, 0.717) is 25.4 Å². The number of rotatable bonds is 8. The van der Waals surface area contributed by atoms with Crippen molar-refractivity contribution in [3.63, 3.8) is 0 Å². The highest BCUT2D eigenvalue weighted by molar-refractivity contribution is 5.81. The molecule has 4 N–H and O–H groups in total. The number of amides is 1. The highest BCUT2D eigenvalue weighted by Gasteiger charge is 2.30.